The first-order chi connectivity index (χ1) is 11.6. The molecule has 0 spiro atoms. The molecule has 24 heavy (non-hydrogen) atoms. The van der Waals surface area contributed by atoms with Crippen molar-refractivity contribution in [2.75, 3.05) is 5.32 Å². The first-order valence-corrected chi connectivity index (χ1v) is 7.56. The molecule has 0 saturated carbocycles. The molecule has 0 saturated heterocycles. The van der Waals surface area contributed by atoms with E-state index in [1.54, 1.807) is 18.2 Å². The molecule has 1 heterocycles. The number of anilines is 1. The molecule has 0 aliphatic rings. The average molecular weight is 325 g/mol. The quantitative estimate of drug-likeness (QED) is 0.775. The van der Waals surface area contributed by atoms with Gasteiger partial charge in [-0.05, 0) is 30.7 Å². The molecule has 122 valence electrons. The Morgan fingerprint density at radius 2 is 1.92 bits per heavy atom. The Kier molecular flexibility index (Phi) is 4.65. The van der Waals surface area contributed by atoms with E-state index in [0.29, 0.717) is 12.3 Å². The monoisotopic (exact) mass is 325 g/mol. The van der Waals surface area contributed by atoms with Crippen molar-refractivity contribution in [3.8, 4) is 11.4 Å². The van der Waals surface area contributed by atoms with Gasteiger partial charge in [-0.25, -0.2) is 4.39 Å². The van der Waals surface area contributed by atoms with Crippen molar-refractivity contribution in [3.05, 3.63) is 65.8 Å². The van der Waals surface area contributed by atoms with Gasteiger partial charge in [0.2, 0.25) is 17.6 Å². The molecule has 0 aliphatic carbocycles. The number of aryl methyl sites for hydroxylation is 2. The van der Waals surface area contributed by atoms with E-state index in [2.05, 4.69) is 15.5 Å². The molecule has 6 heteroatoms. The number of aromatic nitrogens is 2. The molecule has 1 aromatic heterocycles. The molecule has 0 unspecified atom stereocenters. The fourth-order valence-electron chi connectivity index (χ4n) is 2.25. The molecule has 0 fully saturated rings. The molecule has 1 N–H and O–H groups in total. The zero-order valence-electron chi connectivity index (χ0n) is 13.1. The molecule has 0 aliphatic heterocycles. The summed E-state index contributed by atoms with van der Waals surface area (Å²) in [5.41, 5.74) is 2.04. The summed E-state index contributed by atoms with van der Waals surface area (Å²) in [6.45, 7) is 1.92. The van der Waals surface area contributed by atoms with Crippen molar-refractivity contribution in [1.29, 1.82) is 0 Å². The van der Waals surface area contributed by atoms with Crippen molar-refractivity contribution < 1.29 is 13.7 Å². The summed E-state index contributed by atoms with van der Waals surface area (Å²) < 4.78 is 18.8. The molecule has 0 atom stereocenters. The highest BCUT2D eigenvalue weighted by Crippen LogP contribution is 2.19. The van der Waals surface area contributed by atoms with Crippen LogP contribution in [0, 0.1) is 12.7 Å². The normalized spacial score (nSPS) is 10.6. The van der Waals surface area contributed by atoms with Gasteiger partial charge in [-0.15, -0.1) is 0 Å². The van der Waals surface area contributed by atoms with Crippen LogP contribution in [-0.2, 0) is 11.2 Å². The molecular formula is C18H16FN3O2. The molecule has 3 aromatic rings. The lowest BCUT2D eigenvalue weighted by atomic mass is 10.2. The van der Waals surface area contributed by atoms with Crippen molar-refractivity contribution in [2.24, 2.45) is 0 Å². The Morgan fingerprint density at radius 1 is 1.17 bits per heavy atom. The first-order valence-electron chi connectivity index (χ1n) is 7.56. The third-order valence-corrected chi connectivity index (χ3v) is 3.57. The van der Waals surface area contributed by atoms with Crippen LogP contribution in [0.4, 0.5) is 10.1 Å². The van der Waals surface area contributed by atoms with Crippen LogP contribution in [0.25, 0.3) is 11.4 Å². The smallest absolute Gasteiger partial charge is 0.227 e. The Bertz CT molecular complexity index is 861. The summed E-state index contributed by atoms with van der Waals surface area (Å²) in [5, 5.41) is 6.60. The summed E-state index contributed by atoms with van der Waals surface area (Å²) in [5.74, 6) is -0.0762. The van der Waals surface area contributed by atoms with Crippen LogP contribution in [0.3, 0.4) is 0 Å². The number of rotatable bonds is 5. The van der Waals surface area contributed by atoms with Gasteiger partial charge in [0.15, 0.2) is 0 Å². The number of halogens is 1. The van der Waals surface area contributed by atoms with Crippen molar-refractivity contribution in [1.82, 2.24) is 10.1 Å². The number of carbonyl (C=O) groups is 1. The Morgan fingerprint density at radius 3 is 2.71 bits per heavy atom. The van der Waals surface area contributed by atoms with Gasteiger partial charge in [-0.2, -0.15) is 4.98 Å². The number of hydrogen-bond acceptors (Lipinski definition) is 4. The van der Waals surface area contributed by atoms with E-state index in [9.17, 15) is 9.18 Å². The van der Waals surface area contributed by atoms with Crippen LogP contribution in [-0.4, -0.2) is 16.0 Å². The van der Waals surface area contributed by atoms with Crippen LogP contribution >= 0.6 is 0 Å². The zero-order valence-corrected chi connectivity index (χ0v) is 13.1. The maximum atomic E-state index is 13.7. The van der Waals surface area contributed by atoms with E-state index in [0.717, 1.165) is 11.3 Å². The van der Waals surface area contributed by atoms with Crippen molar-refractivity contribution >= 4 is 11.6 Å². The minimum Gasteiger partial charge on any atom is -0.339 e. The topological polar surface area (TPSA) is 68.0 Å². The van der Waals surface area contributed by atoms with Gasteiger partial charge in [0.25, 0.3) is 0 Å². The molecule has 3 rings (SSSR count). The van der Waals surface area contributed by atoms with E-state index in [-0.39, 0.29) is 23.7 Å². The predicted molar refractivity (Wildman–Crippen MR) is 87.8 cm³/mol. The highest BCUT2D eigenvalue weighted by atomic mass is 19.1. The molecular weight excluding hydrogens is 309 g/mol. The highest BCUT2D eigenvalue weighted by molar-refractivity contribution is 5.91. The lowest BCUT2D eigenvalue weighted by Crippen LogP contribution is -2.13. The lowest BCUT2D eigenvalue weighted by molar-refractivity contribution is -0.116. The Balaban J connectivity index is 1.61. The van der Waals surface area contributed by atoms with Crippen LogP contribution in [0.5, 0.6) is 0 Å². The van der Waals surface area contributed by atoms with Gasteiger partial charge in [0.1, 0.15) is 5.82 Å². The minimum absolute atomic E-state index is 0.144. The SMILES string of the molecule is Cc1ccccc1NC(=O)CCc1nc(-c2ccccc2F)no1. The molecule has 1 amide bonds. The number of nitrogens with one attached hydrogen (secondary N) is 1. The van der Waals surface area contributed by atoms with E-state index < -0.39 is 5.82 Å². The number of hydrogen-bond donors (Lipinski definition) is 1. The summed E-state index contributed by atoms with van der Waals surface area (Å²) in [6.07, 6.45) is 0.492. The standard InChI is InChI=1S/C18H16FN3O2/c1-12-6-2-5-9-15(12)20-16(23)10-11-17-21-18(22-24-17)13-7-3-4-8-14(13)19/h2-9H,10-11H2,1H3,(H,20,23). The summed E-state index contributed by atoms with van der Waals surface area (Å²) in [4.78, 5) is 16.1. The van der Waals surface area contributed by atoms with Gasteiger partial charge in [-0.3, -0.25) is 4.79 Å². The third-order valence-electron chi connectivity index (χ3n) is 3.57. The number of carbonyl (C=O) groups excluding carboxylic acids is 1. The second-order valence-corrected chi connectivity index (χ2v) is 5.35. The van der Waals surface area contributed by atoms with E-state index in [1.165, 1.54) is 6.07 Å². The maximum Gasteiger partial charge on any atom is 0.227 e. The number of benzene rings is 2. The van der Waals surface area contributed by atoms with Gasteiger partial charge < -0.3 is 9.84 Å². The Hall–Kier alpha value is -3.02. The third kappa shape index (κ3) is 3.65. The van der Waals surface area contributed by atoms with Crippen molar-refractivity contribution in [3.63, 3.8) is 0 Å². The number of para-hydroxylation sites is 1. The van der Waals surface area contributed by atoms with Gasteiger partial charge in [-0.1, -0.05) is 35.5 Å². The van der Waals surface area contributed by atoms with Gasteiger partial charge >= 0.3 is 0 Å². The van der Waals surface area contributed by atoms with Crippen LogP contribution < -0.4 is 5.32 Å². The number of amides is 1. The van der Waals surface area contributed by atoms with Crippen LogP contribution in [0.15, 0.2) is 53.1 Å². The second-order valence-electron chi connectivity index (χ2n) is 5.35. The fourth-order valence-corrected chi connectivity index (χ4v) is 2.25. The Labute approximate surface area is 138 Å². The minimum atomic E-state index is -0.415. The predicted octanol–water partition coefficient (Wildman–Crippen LogP) is 3.76. The van der Waals surface area contributed by atoms with E-state index in [4.69, 9.17) is 4.52 Å². The fraction of sp³-hybridized carbons (Fsp3) is 0.167. The average Bonchev–Trinajstić information content (AvgIpc) is 3.04. The second kappa shape index (κ2) is 7.04. The zero-order chi connectivity index (χ0) is 16.9. The van der Waals surface area contributed by atoms with Crippen LogP contribution in [0.1, 0.15) is 17.9 Å². The summed E-state index contributed by atoms with van der Waals surface area (Å²) in [6, 6.07) is 13.7. The highest BCUT2D eigenvalue weighted by Gasteiger charge is 2.13. The lowest BCUT2D eigenvalue weighted by Gasteiger charge is -2.06. The van der Waals surface area contributed by atoms with Crippen LogP contribution in [0.2, 0.25) is 0 Å². The van der Waals surface area contributed by atoms with Gasteiger partial charge in [0, 0.05) is 18.5 Å². The van der Waals surface area contributed by atoms with E-state index in [1.807, 2.05) is 31.2 Å². The number of nitrogens with zero attached hydrogens (tertiary/aromatic N) is 2. The molecule has 0 radical (unpaired) electrons. The molecule has 0 bridgehead atoms. The summed E-state index contributed by atoms with van der Waals surface area (Å²) in [7, 11) is 0. The van der Waals surface area contributed by atoms with Gasteiger partial charge in [0.05, 0.1) is 5.56 Å². The van der Waals surface area contributed by atoms with Crippen molar-refractivity contribution in [2.45, 2.75) is 19.8 Å². The van der Waals surface area contributed by atoms with E-state index >= 15 is 0 Å². The largest absolute Gasteiger partial charge is 0.339 e. The maximum absolute atomic E-state index is 13.7. The first kappa shape index (κ1) is 15.9. The molecule has 5 nitrogen and oxygen atoms in total. The molecule has 2 aromatic carbocycles. The summed E-state index contributed by atoms with van der Waals surface area (Å²) >= 11 is 0.